The van der Waals surface area contributed by atoms with Crippen molar-refractivity contribution in [3.05, 3.63) is 47.7 Å². The predicted molar refractivity (Wildman–Crippen MR) is 74.1 cm³/mol. The third-order valence-corrected chi connectivity index (χ3v) is 4.08. The largest absolute Gasteiger partial charge is 0.423 e. The number of rotatable bonds is 5. The van der Waals surface area contributed by atoms with Crippen LogP contribution in [-0.2, 0) is 11.2 Å². The number of nitrogens with zero attached hydrogens (tertiary/aromatic N) is 2. The van der Waals surface area contributed by atoms with Crippen molar-refractivity contribution >= 4 is 0 Å². The Bertz CT molecular complexity index is 558. The first-order valence-corrected chi connectivity index (χ1v) is 6.90. The van der Waals surface area contributed by atoms with Gasteiger partial charge in [0.05, 0.1) is 12.0 Å². The summed E-state index contributed by atoms with van der Waals surface area (Å²) in [5, 5.41) is 8.17. The molecule has 0 amide bonds. The Morgan fingerprint density at radius 2 is 2.05 bits per heavy atom. The molecule has 2 N–H and O–H groups in total. The maximum Gasteiger partial charge on any atom is 0.237 e. The molecule has 1 atom stereocenters. The number of ether oxygens (including phenoxy) is 1. The molecule has 0 bridgehead atoms. The molecule has 1 aromatic heterocycles. The summed E-state index contributed by atoms with van der Waals surface area (Å²) in [6, 6.07) is 9.38. The minimum Gasteiger partial charge on any atom is -0.423 e. The van der Waals surface area contributed by atoms with Crippen molar-refractivity contribution in [3.8, 4) is 0 Å². The molecule has 3 rings (SSSR count). The number of methoxy groups -OCH3 is 1. The van der Waals surface area contributed by atoms with E-state index in [1.165, 1.54) is 6.42 Å². The summed E-state index contributed by atoms with van der Waals surface area (Å²) in [7, 11) is 1.74. The van der Waals surface area contributed by atoms with Crippen LogP contribution >= 0.6 is 0 Å². The Labute approximate surface area is 118 Å². The van der Waals surface area contributed by atoms with Crippen LogP contribution in [-0.4, -0.2) is 22.9 Å². The highest BCUT2D eigenvalue weighted by Gasteiger charge is 2.39. The van der Waals surface area contributed by atoms with Crippen LogP contribution in [0.15, 0.2) is 34.7 Å². The lowest BCUT2D eigenvalue weighted by Gasteiger charge is -2.39. The Balaban J connectivity index is 1.73. The maximum absolute atomic E-state index is 6.14. The average molecular weight is 273 g/mol. The van der Waals surface area contributed by atoms with Gasteiger partial charge in [0, 0.05) is 7.11 Å². The standard InChI is InChI=1S/C15H19N3O2/c1-19-15(8-5-9-15)10-12-17-18-14(20-12)13(16)11-6-3-2-4-7-11/h2-4,6-7,13H,5,8-10,16H2,1H3. The monoisotopic (exact) mass is 273 g/mol. The highest BCUT2D eigenvalue weighted by Crippen LogP contribution is 2.37. The lowest BCUT2D eigenvalue weighted by molar-refractivity contribution is -0.0747. The second-order valence-electron chi connectivity index (χ2n) is 5.34. The van der Waals surface area contributed by atoms with Crippen LogP contribution in [0, 0.1) is 0 Å². The summed E-state index contributed by atoms with van der Waals surface area (Å²) in [5.74, 6) is 1.06. The second-order valence-corrected chi connectivity index (χ2v) is 5.34. The zero-order valence-corrected chi connectivity index (χ0v) is 11.6. The van der Waals surface area contributed by atoms with E-state index in [1.54, 1.807) is 7.11 Å². The highest BCUT2D eigenvalue weighted by atomic mass is 16.5. The first-order chi connectivity index (χ1) is 9.72. The zero-order chi connectivity index (χ0) is 14.0. The van der Waals surface area contributed by atoms with Gasteiger partial charge >= 0.3 is 0 Å². The molecule has 0 spiro atoms. The van der Waals surface area contributed by atoms with E-state index in [0.29, 0.717) is 18.2 Å². The van der Waals surface area contributed by atoms with Crippen molar-refractivity contribution in [1.29, 1.82) is 0 Å². The topological polar surface area (TPSA) is 74.2 Å². The van der Waals surface area contributed by atoms with Gasteiger partial charge in [0.15, 0.2) is 0 Å². The third kappa shape index (κ3) is 2.46. The van der Waals surface area contributed by atoms with E-state index in [0.717, 1.165) is 18.4 Å². The molecule has 1 fully saturated rings. The Morgan fingerprint density at radius 3 is 2.65 bits per heavy atom. The number of benzene rings is 1. The lowest BCUT2D eigenvalue weighted by Crippen LogP contribution is -2.41. The fraction of sp³-hybridized carbons (Fsp3) is 0.467. The molecule has 1 saturated carbocycles. The minimum absolute atomic E-state index is 0.110. The molecule has 1 aromatic carbocycles. The van der Waals surface area contributed by atoms with Gasteiger partial charge in [0.25, 0.3) is 0 Å². The summed E-state index contributed by atoms with van der Waals surface area (Å²) in [5.41, 5.74) is 7.00. The number of nitrogens with two attached hydrogens (primary N) is 1. The van der Waals surface area contributed by atoms with E-state index in [1.807, 2.05) is 30.3 Å². The SMILES string of the molecule is COC1(Cc2nnc(C(N)c3ccccc3)o2)CCC1. The molecule has 5 heteroatoms. The van der Waals surface area contributed by atoms with Crippen LogP contribution in [0.3, 0.4) is 0 Å². The van der Waals surface area contributed by atoms with Gasteiger partial charge in [-0.25, -0.2) is 0 Å². The van der Waals surface area contributed by atoms with Crippen molar-refractivity contribution in [3.63, 3.8) is 0 Å². The number of hydrogen-bond donors (Lipinski definition) is 1. The molecule has 106 valence electrons. The normalized spacial score (nSPS) is 18.5. The van der Waals surface area contributed by atoms with E-state index >= 15 is 0 Å². The first-order valence-electron chi connectivity index (χ1n) is 6.90. The summed E-state index contributed by atoms with van der Waals surface area (Å²) in [6.45, 7) is 0. The smallest absolute Gasteiger partial charge is 0.237 e. The van der Waals surface area contributed by atoms with E-state index in [9.17, 15) is 0 Å². The van der Waals surface area contributed by atoms with Crippen molar-refractivity contribution < 1.29 is 9.15 Å². The van der Waals surface area contributed by atoms with Crippen molar-refractivity contribution in [2.75, 3.05) is 7.11 Å². The molecular formula is C15H19N3O2. The summed E-state index contributed by atoms with van der Waals surface area (Å²) >= 11 is 0. The van der Waals surface area contributed by atoms with Gasteiger partial charge in [-0.15, -0.1) is 10.2 Å². The second kappa shape index (κ2) is 5.34. The molecule has 1 heterocycles. The Kier molecular flexibility index (Phi) is 3.54. The lowest BCUT2D eigenvalue weighted by atomic mass is 9.77. The molecule has 2 aromatic rings. The molecule has 0 saturated heterocycles. The maximum atomic E-state index is 6.14. The molecule has 1 aliphatic carbocycles. The number of aromatic nitrogens is 2. The molecule has 1 aliphatic rings. The van der Waals surface area contributed by atoms with E-state index in [4.69, 9.17) is 14.9 Å². The zero-order valence-electron chi connectivity index (χ0n) is 11.6. The molecule has 0 aliphatic heterocycles. The number of hydrogen-bond acceptors (Lipinski definition) is 5. The van der Waals surface area contributed by atoms with E-state index in [-0.39, 0.29) is 11.6 Å². The predicted octanol–water partition coefficient (Wildman–Crippen LogP) is 2.23. The Hall–Kier alpha value is -1.72. The van der Waals surface area contributed by atoms with Crippen LogP contribution in [0.25, 0.3) is 0 Å². The fourth-order valence-electron chi connectivity index (χ4n) is 2.57. The van der Waals surface area contributed by atoms with Crippen molar-refractivity contribution in [2.45, 2.75) is 37.3 Å². The van der Waals surface area contributed by atoms with Gasteiger partial charge in [0.2, 0.25) is 11.8 Å². The van der Waals surface area contributed by atoms with Crippen LogP contribution in [0.5, 0.6) is 0 Å². The van der Waals surface area contributed by atoms with Gasteiger partial charge in [-0.05, 0) is 24.8 Å². The fourth-order valence-corrected chi connectivity index (χ4v) is 2.57. The van der Waals surface area contributed by atoms with Crippen LogP contribution in [0.4, 0.5) is 0 Å². The Morgan fingerprint density at radius 1 is 1.30 bits per heavy atom. The summed E-state index contributed by atoms with van der Waals surface area (Å²) in [4.78, 5) is 0. The van der Waals surface area contributed by atoms with Gasteiger partial charge in [-0.2, -0.15) is 0 Å². The molecular weight excluding hydrogens is 254 g/mol. The van der Waals surface area contributed by atoms with Gasteiger partial charge in [0.1, 0.15) is 6.04 Å². The van der Waals surface area contributed by atoms with Gasteiger partial charge in [-0.3, -0.25) is 0 Å². The van der Waals surface area contributed by atoms with E-state index < -0.39 is 0 Å². The van der Waals surface area contributed by atoms with Crippen LogP contribution in [0.2, 0.25) is 0 Å². The quantitative estimate of drug-likeness (QED) is 0.904. The molecule has 20 heavy (non-hydrogen) atoms. The van der Waals surface area contributed by atoms with Crippen LogP contribution < -0.4 is 5.73 Å². The minimum atomic E-state index is -0.377. The third-order valence-electron chi connectivity index (χ3n) is 4.08. The average Bonchev–Trinajstić information content (AvgIpc) is 2.91. The molecule has 1 unspecified atom stereocenters. The van der Waals surface area contributed by atoms with Crippen LogP contribution in [0.1, 0.15) is 42.6 Å². The molecule has 5 nitrogen and oxygen atoms in total. The van der Waals surface area contributed by atoms with E-state index in [2.05, 4.69) is 10.2 Å². The van der Waals surface area contributed by atoms with Gasteiger partial charge < -0.3 is 14.9 Å². The van der Waals surface area contributed by atoms with Crippen molar-refractivity contribution in [2.24, 2.45) is 5.73 Å². The van der Waals surface area contributed by atoms with Gasteiger partial charge in [-0.1, -0.05) is 30.3 Å². The first kappa shape index (κ1) is 13.3. The summed E-state index contributed by atoms with van der Waals surface area (Å²) < 4.78 is 11.3. The molecule has 0 radical (unpaired) electrons. The van der Waals surface area contributed by atoms with Crippen molar-refractivity contribution in [1.82, 2.24) is 10.2 Å². The summed E-state index contributed by atoms with van der Waals surface area (Å²) in [6.07, 6.45) is 3.95. The highest BCUT2D eigenvalue weighted by molar-refractivity contribution is 5.22.